The van der Waals surface area contributed by atoms with Gasteiger partial charge in [0.2, 0.25) is 0 Å². The van der Waals surface area contributed by atoms with Crippen LogP contribution in [0.4, 0.5) is 0 Å². The highest BCUT2D eigenvalue weighted by molar-refractivity contribution is 5.27. The minimum atomic E-state index is 0.197. The number of rotatable bonds is 6. The van der Waals surface area contributed by atoms with Crippen LogP contribution in [0.15, 0.2) is 0 Å². The van der Waals surface area contributed by atoms with Gasteiger partial charge in [-0.1, -0.05) is 55.4 Å². The topological polar surface area (TPSA) is 28.7 Å². The highest BCUT2D eigenvalue weighted by Crippen LogP contribution is 2.37. The van der Waals surface area contributed by atoms with Crippen LogP contribution >= 0.6 is 0 Å². The van der Waals surface area contributed by atoms with Gasteiger partial charge in [-0.25, -0.2) is 4.98 Å². The third-order valence-corrected chi connectivity index (χ3v) is 4.88. The van der Waals surface area contributed by atoms with Crippen molar-refractivity contribution in [2.24, 2.45) is 5.92 Å². The van der Waals surface area contributed by atoms with Gasteiger partial charge in [0.15, 0.2) is 0 Å². The van der Waals surface area contributed by atoms with Crippen molar-refractivity contribution in [2.45, 2.75) is 85.5 Å². The average molecular weight is 264 g/mol. The molecular formula is C17H32N2. The average Bonchev–Trinajstić information content (AvgIpc) is 2.82. The molecule has 110 valence electrons. The molecule has 0 fully saturated rings. The molecule has 1 rings (SSSR count). The van der Waals surface area contributed by atoms with Crippen molar-refractivity contribution in [3.63, 3.8) is 0 Å². The molecular weight excluding hydrogens is 232 g/mol. The lowest BCUT2D eigenvalue weighted by Gasteiger charge is -2.28. The van der Waals surface area contributed by atoms with Crippen molar-refractivity contribution in [3.05, 3.63) is 17.2 Å². The lowest BCUT2D eigenvalue weighted by molar-refractivity contribution is 0.412. The molecule has 0 amide bonds. The van der Waals surface area contributed by atoms with E-state index in [0.717, 1.165) is 18.7 Å². The van der Waals surface area contributed by atoms with Crippen LogP contribution in [0.1, 0.15) is 97.3 Å². The minimum absolute atomic E-state index is 0.197. The van der Waals surface area contributed by atoms with Crippen molar-refractivity contribution < 1.29 is 0 Å². The Morgan fingerprint density at radius 3 is 1.95 bits per heavy atom. The summed E-state index contributed by atoms with van der Waals surface area (Å²) in [6.07, 6.45) is 2.29. The van der Waals surface area contributed by atoms with E-state index in [9.17, 15) is 0 Å². The fraction of sp³-hybridized carbons (Fsp3) is 0.824. The Balaban J connectivity index is 3.35. The van der Waals surface area contributed by atoms with Crippen LogP contribution in [0.25, 0.3) is 0 Å². The van der Waals surface area contributed by atoms with E-state index in [1.54, 1.807) is 0 Å². The molecule has 2 heteroatoms. The molecule has 0 saturated heterocycles. The van der Waals surface area contributed by atoms with Gasteiger partial charge in [0, 0.05) is 22.9 Å². The van der Waals surface area contributed by atoms with E-state index in [2.05, 4.69) is 60.4 Å². The standard InChI is InChI=1S/C17H32N2/c1-9-17(8,10-2)15-14(13(7)11(3)4)18-16(19-15)12(5)6/h11-13H,9-10H2,1-8H3,(H,18,19). The molecule has 0 saturated carbocycles. The minimum Gasteiger partial charge on any atom is -0.345 e. The van der Waals surface area contributed by atoms with E-state index >= 15 is 0 Å². The van der Waals surface area contributed by atoms with Crippen LogP contribution in [-0.4, -0.2) is 9.97 Å². The quantitative estimate of drug-likeness (QED) is 0.735. The molecule has 0 bridgehead atoms. The van der Waals surface area contributed by atoms with Crippen molar-refractivity contribution >= 4 is 0 Å². The molecule has 1 N–H and O–H groups in total. The first-order chi connectivity index (χ1) is 8.76. The maximum absolute atomic E-state index is 4.97. The number of imidazole rings is 1. The first-order valence-electron chi connectivity index (χ1n) is 7.87. The van der Waals surface area contributed by atoms with Gasteiger partial charge in [-0.3, -0.25) is 0 Å². The first kappa shape index (κ1) is 16.3. The Morgan fingerprint density at radius 1 is 1.05 bits per heavy atom. The fourth-order valence-electron chi connectivity index (χ4n) is 2.39. The molecule has 2 nitrogen and oxygen atoms in total. The zero-order valence-electron chi connectivity index (χ0n) is 14.1. The molecule has 1 aromatic heterocycles. The van der Waals surface area contributed by atoms with Gasteiger partial charge in [0.25, 0.3) is 0 Å². The molecule has 0 aromatic carbocycles. The lowest BCUT2D eigenvalue weighted by atomic mass is 9.78. The lowest BCUT2D eigenvalue weighted by Crippen LogP contribution is -2.23. The Bertz CT molecular complexity index is 397. The summed E-state index contributed by atoms with van der Waals surface area (Å²) in [7, 11) is 0. The normalized spacial score (nSPS) is 14.4. The van der Waals surface area contributed by atoms with Crippen LogP contribution < -0.4 is 0 Å². The molecule has 0 aliphatic heterocycles. The van der Waals surface area contributed by atoms with Crippen molar-refractivity contribution in [1.29, 1.82) is 0 Å². The van der Waals surface area contributed by atoms with E-state index in [4.69, 9.17) is 4.98 Å². The van der Waals surface area contributed by atoms with Crippen molar-refractivity contribution in [3.8, 4) is 0 Å². The summed E-state index contributed by atoms with van der Waals surface area (Å²) in [6, 6.07) is 0. The monoisotopic (exact) mass is 264 g/mol. The van der Waals surface area contributed by atoms with Gasteiger partial charge >= 0.3 is 0 Å². The first-order valence-corrected chi connectivity index (χ1v) is 7.87. The molecule has 1 unspecified atom stereocenters. The van der Waals surface area contributed by atoms with Crippen molar-refractivity contribution in [2.75, 3.05) is 0 Å². The molecule has 0 spiro atoms. The van der Waals surface area contributed by atoms with E-state index in [1.807, 2.05) is 0 Å². The number of nitrogens with one attached hydrogen (secondary N) is 1. The summed E-state index contributed by atoms with van der Waals surface area (Å²) in [4.78, 5) is 8.60. The van der Waals surface area contributed by atoms with Crippen LogP contribution in [0.3, 0.4) is 0 Å². The predicted octanol–water partition coefficient (Wildman–Crippen LogP) is 5.37. The molecule has 0 aliphatic carbocycles. The number of H-pyrrole nitrogens is 1. The van der Waals surface area contributed by atoms with Gasteiger partial charge in [-0.05, 0) is 18.8 Å². The second-order valence-electron chi connectivity index (χ2n) is 6.84. The third-order valence-electron chi connectivity index (χ3n) is 4.88. The SMILES string of the molecule is CCC(C)(CC)c1nc(C(C)C)[nH]c1C(C)C(C)C. The Morgan fingerprint density at radius 2 is 1.58 bits per heavy atom. The zero-order chi connectivity index (χ0) is 14.8. The molecule has 1 atom stereocenters. The van der Waals surface area contributed by atoms with Crippen LogP contribution in [0, 0.1) is 5.92 Å². The predicted molar refractivity (Wildman–Crippen MR) is 83.9 cm³/mol. The second-order valence-corrected chi connectivity index (χ2v) is 6.84. The molecule has 19 heavy (non-hydrogen) atoms. The van der Waals surface area contributed by atoms with Gasteiger partial charge in [0.05, 0.1) is 5.69 Å². The molecule has 1 aromatic rings. The largest absolute Gasteiger partial charge is 0.345 e. The highest BCUT2D eigenvalue weighted by atomic mass is 15.0. The zero-order valence-corrected chi connectivity index (χ0v) is 14.1. The summed E-state index contributed by atoms with van der Waals surface area (Å²) in [6.45, 7) is 18.2. The van der Waals surface area contributed by atoms with E-state index in [1.165, 1.54) is 11.4 Å². The number of aromatic amines is 1. The highest BCUT2D eigenvalue weighted by Gasteiger charge is 2.31. The maximum atomic E-state index is 4.97. The Labute approximate surface area is 119 Å². The summed E-state index contributed by atoms with van der Waals surface area (Å²) in [5.41, 5.74) is 2.87. The fourth-order valence-corrected chi connectivity index (χ4v) is 2.39. The number of hydrogen-bond acceptors (Lipinski definition) is 1. The van der Waals surface area contributed by atoms with E-state index in [-0.39, 0.29) is 5.41 Å². The van der Waals surface area contributed by atoms with E-state index < -0.39 is 0 Å². The molecule has 0 aliphatic rings. The van der Waals surface area contributed by atoms with Gasteiger partial charge in [-0.2, -0.15) is 0 Å². The summed E-state index contributed by atoms with van der Waals surface area (Å²) in [5.74, 6) is 2.78. The molecule has 0 radical (unpaired) electrons. The van der Waals surface area contributed by atoms with E-state index in [0.29, 0.717) is 17.8 Å². The van der Waals surface area contributed by atoms with Gasteiger partial charge in [-0.15, -0.1) is 0 Å². The van der Waals surface area contributed by atoms with Crippen molar-refractivity contribution in [1.82, 2.24) is 9.97 Å². The van der Waals surface area contributed by atoms with Crippen LogP contribution in [0.5, 0.6) is 0 Å². The second kappa shape index (κ2) is 6.11. The van der Waals surface area contributed by atoms with Crippen LogP contribution in [0.2, 0.25) is 0 Å². The smallest absolute Gasteiger partial charge is 0.109 e. The number of nitrogens with zero attached hydrogens (tertiary/aromatic N) is 1. The Kier molecular flexibility index (Phi) is 5.23. The summed E-state index contributed by atoms with van der Waals surface area (Å²) < 4.78 is 0. The third kappa shape index (κ3) is 3.21. The van der Waals surface area contributed by atoms with Crippen LogP contribution in [-0.2, 0) is 5.41 Å². The number of aromatic nitrogens is 2. The van der Waals surface area contributed by atoms with Gasteiger partial charge < -0.3 is 4.98 Å². The molecule has 1 heterocycles. The Hall–Kier alpha value is -0.790. The summed E-state index contributed by atoms with van der Waals surface area (Å²) in [5, 5.41) is 0. The maximum Gasteiger partial charge on any atom is 0.109 e. The number of hydrogen-bond donors (Lipinski definition) is 1. The van der Waals surface area contributed by atoms with Gasteiger partial charge in [0.1, 0.15) is 5.82 Å². The summed E-state index contributed by atoms with van der Waals surface area (Å²) >= 11 is 0.